The van der Waals surface area contributed by atoms with Gasteiger partial charge in [-0.3, -0.25) is 4.79 Å². The monoisotopic (exact) mass is 235 g/mol. The lowest BCUT2D eigenvalue weighted by Crippen LogP contribution is -2.32. The summed E-state index contributed by atoms with van der Waals surface area (Å²) in [5, 5.41) is 2.64. The van der Waals surface area contributed by atoms with E-state index in [1.165, 1.54) is 0 Å². The second kappa shape index (κ2) is 5.48. The number of ether oxygens (including phenoxy) is 1. The molecule has 0 radical (unpaired) electrons. The lowest BCUT2D eigenvalue weighted by molar-refractivity contribution is 0.0523. The van der Waals surface area contributed by atoms with E-state index in [0.29, 0.717) is 12.1 Å². The van der Waals surface area contributed by atoms with E-state index < -0.39 is 11.7 Å². The summed E-state index contributed by atoms with van der Waals surface area (Å²) in [5.41, 5.74) is 1.04. The van der Waals surface area contributed by atoms with Gasteiger partial charge in [-0.15, -0.1) is 0 Å². The maximum absolute atomic E-state index is 11.4. The number of rotatable bonds is 3. The Balaban J connectivity index is 2.44. The van der Waals surface area contributed by atoms with Crippen molar-refractivity contribution in [2.75, 3.05) is 0 Å². The predicted molar refractivity (Wildman–Crippen MR) is 64.9 cm³/mol. The third-order valence-electron chi connectivity index (χ3n) is 1.95. The number of nitrogens with one attached hydrogen (secondary N) is 1. The van der Waals surface area contributed by atoms with Gasteiger partial charge in [-0.1, -0.05) is 24.3 Å². The topological polar surface area (TPSA) is 55.4 Å². The van der Waals surface area contributed by atoms with Gasteiger partial charge in [-0.25, -0.2) is 4.79 Å². The van der Waals surface area contributed by atoms with E-state index in [9.17, 15) is 9.59 Å². The summed E-state index contributed by atoms with van der Waals surface area (Å²) in [4.78, 5) is 21.8. The van der Waals surface area contributed by atoms with Crippen molar-refractivity contribution < 1.29 is 14.3 Å². The number of aldehydes is 1. The van der Waals surface area contributed by atoms with Gasteiger partial charge < -0.3 is 10.1 Å². The van der Waals surface area contributed by atoms with E-state index in [4.69, 9.17) is 4.74 Å². The van der Waals surface area contributed by atoms with Crippen LogP contribution in [0.25, 0.3) is 0 Å². The normalized spacial score (nSPS) is 10.8. The van der Waals surface area contributed by atoms with Crippen LogP contribution in [0.4, 0.5) is 4.79 Å². The molecule has 0 aliphatic rings. The zero-order valence-corrected chi connectivity index (χ0v) is 10.3. The second-order valence-corrected chi connectivity index (χ2v) is 4.71. The third kappa shape index (κ3) is 5.15. The van der Waals surface area contributed by atoms with Crippen molar-refractivity contribution in [1.82, 2.24) is 5.32 Å². The van der Waals surface area contributed by atoms with Crippen molar-refractivity contribution in [3.63, 3.8) is 0 Å². The van der Waals surface area contributed by atoms with Crippen LogP contribution in [0.1, 0.15) is 36.7 Å². The molecule has 17 heavy (non-hydrogen) atoms. The number of alkyl carbamates (subject to hydrolysis) is 1. The molecule has 1 rings (SSSR count). The fourth-order valence-electron chi connectivity index (χ4n) is 1.20. The molecular formula is C13H17NO3. The van der Waals surface area contributed by atoms with Crippen LogP contribution in [0.15, 0.2) is 24.3 Å². The molecule has 4 nitrogen and oxygen atoms in total. The van der Waals surface area contributed by atoms with Crippen molar-refractivity contribution in [2.24, 2.45) is 0 Å². The first-order valence-electron chi connectivity index (χ1n) is 5.42. The summed E-state index contributed by atoms with van der Waals surface area (Å²) in [6, 6.07) is 7.00. The highest BCUT2D eigenvalue weighted by Crippen LogP contribution is 2.07. The first kappa shape index (κ1) is 13.2. The summed E-state index contributed by atoms with van der Waals surface area (Å²) < 4.78 is 5.10. The Hall–Kier alpha value is -1.84. The van der Waals surface area contributed by atoms with Crippen LogP contribution in [0, 0.1) is 0 Å². The van der Waals surface area contributed by atoms with Crippen LogP contribution in [-0.2, 0) is 11.3 Å². The molecule has 0 unspecified atom stereocenters. The van der Waals surface area contributed by atoms with Crippen molar-refractivity contribution in [2.45, 2.75) is 32.9 Å². The minimum atomic E-state index is -0.495. The first-order valence-corrected chi connectivity index (χ1v) is 5.42. The van der Waals surface area contributed by atoms with Gasteiger partial charge in [0.15, 0.2) is 0 Å². The Morgan fingerprint density at radius 1 is 1.29 bits per heavy atom. The van der Waals surface area contributed by atoms with Gasteiger partial charge in [0.05, 0.1) is 0 Å². The van der Waals surface area contributed by atoms with Gasteiger partial charge >= 0.3 is 6.09 Å². The Labute approximate surface area is 101 Å². The fourth-order valence-corrected chi connectivity index (χ4v) is 1.20. The lowest BCUT2D eigenvalue weighted by Gasteiger charge is -2.19. The van der Waals surface area contributed by atoms with Crippen LogP contribution in [-0.4, -0.2) is 18.0 Å². The highest BCUT2D eigenvalue weighted by Gasteiger charge is 2.15. The van der Waals surface area contributed by atoms with Gasteiger partial charge in [0.25, 0.3) is 0 Å². The molecule has 92 valence electrons. The molecule has 0 bridgehead atoms. The molecule has 1 amide bonds. The van der Waals surface area contributed by atoms with Crippen LogP contribution in [0.2, 0.25) is 0 Å². The third-order valence-corrected chi connectivity index (χ3v) is 1.95. The maximum atomic E-state index is 11.4. The SMILES string of the molecule is CC(C)(C)OC(=O)NCc1ccc(C=O)cc1. The lowest BCUT2D eigenvalue weighted by atomic mass is 10.1. The molecule has 0 saturated carbocycles. The van der Waals surface area contributed by atoms with Crippen LogP contribution in [0.5, 0.6) is 0 Å². The Morgan fingerprint density at radius 3 is 2.35 bits per heavy atom. The van der Waals surface area contributed by atoms with E-state index in [-0.39, 0.29) is 0 Å². The summed E-state index contributed by atoms with van der Waals surface area (Å²) in [7, 11) is 0. The Morgan fingerprint density at radius 2 is 1.88 bits per heavy atom. The maximum Gasteiger partial charge on any atom is 0.407 e. The van der Waals surface area contributed by atoms with Crippen LogP contribution >= 0.6 is 0 Å². The van der Waals surface area contributed by atoms with E-state index in [1.54, 1.807) is 24.3 Å². The zero-order valence-electron chi connectivity index (χ0n) is 10.3. The minimum absolute atomic E-state index is 0.383. The molecule has 0 aliphatic heterocycles. The second-order valence-electron chi connectivity index (χ2n) is 4.71. The molecule has 1 N–H and O–H groups in total. The van der Waals surface area contributed by atoms with Crippen molar-refractivity contribution in [3.05, 3.63) is 35.4 Å². The number of benzene rings is 1. The van der Waals surface area contributed by atoms with E-state index in [2.05, 4.69) is 5.32 Å². The number of carbonyl (C=O) groups is 2. The molecular weight excluding hydrogens is 218 g/mol. The molecule has 1 aromatic carbocycles. The number of amides is 1. The molecule has 0 spiro atoms. The van der Waals surface area contributed by atoms with Crippen LogP contribution < -0.4 is 5.32 Å². The average molecular weight is 235 g/mol. The van der Waals surface area contributed by atoms with Crippen molar-refractivity contribution in [1.29, 1.82) is 0 Å². The largest absolute Gasteiger partial charge is 0.444 e. The highest BCUT2D eigenvalue weighted by atomic mass is 16.6. The van der Waals surface area contributed by atoms with Gasteiger partial charge in [0.1, 0.15) is 11.9 Å². The molecule has 0 saturated heterocycles. The zero-order chi connectivity index (χ0) is 12.9. The Kier molecular flexibility index (Phi) is 4.26. The number of hydrogen-bond donors (Lipinski definition) is 1. The molecule has 0 atom stereocenters. The predicted octanol–water partition coefficient (Wildman–Crippen LogP) is 2.52. The molecule has 0 fully saturated rings. The van der Waals surface area contributed by atoms with Gasteiger partial charge in [0, 0.05) is 12.1 Å². The van der Waals surface area contributed by atoms with Crippen molar-refractivity contribution >= 4 is 12.4 Å². The average Bonchev–Trinajstić information content (AvgIpc) is 2.25. The molecule has 4 heteroatoms. The highest BCUT2D eigenvalue weighted by molar-refractivity contribution is 5.74. The standard InChI is InChI=1S/C13H17NO3/c1-13(2,3)17-12(16)14-8-10-4-6-11(9-15)7-5-10/h4-7,9H,8H2,1-3H3,(H,14,16). The fraction of sp³-hybridized carbons (Fsp3) is 0.385. The van der Waals surface area contributed by atoms with E-state index in [0.717, 1.165) is 11.8 Å². The number of carbonyl (C=O) groups excluding carboxylic acids is 2. The minimum Gasteiger partial charge on any atom is -0.444 e. The molecule has 1 aromatic rings. The van der Waals surface area contributed by atoms with Gasteiger partial charge in [-0.2, -0.15) is 0 Å². The molecule has 0 aliphatic carbocycles. The first-order chi connectivity index (χ1) is 7.90. The summed E-state index contributed by atoms with van der Waals surface area (Å²) >= 11 is 0. The van der Waals surface area contributed by atoms with E-state index >= 15 is 0 Å². The summed E-state index contributed by atoms with van der Waals surface area (Å²) in [6.45, 7) is 5.82. The van der Waals surface area contributed by atoms with Gasteiger partial charge in [0.2, 0.25) is 0 Å². The molecule has 0 aromatic heterocycles. The smallest absolute Gasteiger partial charge is 0.407 e. The molecule has 0 heterocycles. The van der Waals surface area contributed by atoms with Crippen molar-refractivity contribution in [3.8, 4) is 0 Å². The van der Waals surface area contributed by atoms with Gasteiger partial charge in [-0.05, 0) is 26.3 Å². The summed E-state index contributed by atoms with van der Waals surface area (Å²) in [6.07, 6.45) is 0.336. The quantitative estimate of drug-likeness (QED) is 0.819. The Bertz CT molecular complexity index is 390. The summed E-state index contributed by atoms with van der Waals surface area (Å²) in [5.74, 6) is 0. The van der Waals surface area contributed by atoms with Crippen LogP contribution in [0.3, 0.4) is 0 Å². The number of hydrogen-bond acceptors (Lipinski definition) is 3. The van der Waals surface area contributed by atoms with E-state index in [1.807, 2.05) is 20.8 Å².